The lowest BCUT2D eigenvalue weighted by Gasteiger charge is -2.19. The maximum Gasteiger partial charge on any atom is 0.306 e. The van der Waals surface area contributed by atoms with Crippen LogP contribution < -0.4 is 5.32 Å². The molecule has 3 aromatic rings. The Morgan fingerprint density at radius 1 is 1.06 bits per heavy atom. The van der Waals surface area contributed by atoms with Crippen LogP contribution in [0.15, 0.2) is 53.1 Å². The number of ether oxygens (including phenoxy) is 1. The van der Waals surface area contributed by atoms with Crippen LogP contribution in [0.2, 0.25) is 0 Å². The first-order chi connectivity index (χ1) is 14.7. The SMILES string of the molecule is CC(C)(C)c1ccc(NC(=O)COC(=O)CCc2nc(-c3ccc(F)cc3)no2)cc1. The van der Waals surface area contributed by atoms with Crippen molar-refractivity contribution in [3.05, 3.63) is 65.8 Å². The predicted octanol–water partition coefficient (Wildman–Crippen LogP) is 4.29. The van der Waals surface area contributed by atoms with Crippen LogP contribution in [0.1, 0.15) is 38.6 Å². The highest BCUT2D eigenvalue weighted by atomic mass is 19.1. The van der Waals surface area contributed by atoms with Crippen molar-refractivity contribution < 1.29 is 23.2 Å². The zero-order valence-corrected chi connectivity index (χ0v) is 17.6. The zero-order chi connectivity index (χ0) is 22.4. The van der Waals surface area contributed by atoms with E-state index in [0.29, 0.717) is 17.1 Å². The van der Waals surface area contributed by atoms with Crippen LogP contribution in [0.3, 0.4) is 0 Å². The summed E-state index contributed by atoms with van der Waals surface area (Å²) in [7, 11) is 0. The molecule has 0 spiro atoms. The Bertz CT molecular complexity index is 1040. The lowest BCUT2D eigenvalue weighted by Crippen LogP contribution is -2.21. The van der Waals surface area contributed by atoms with Gasteiger partial charge in [-0.2, -0.15) is 4.98 Å². The third kappa shape index (κ3) is 6.47. The molecule has 1 heterocycles. The number of carbonyl (C=O) groups is 2. The molecule has 162 valence electrons. The van der Waals surface area contributed by atoms with E-state index in [4.69, 9.17) is 9.26 Å². The molecule has 1 N–H and O–H groups in total. The van der Waals surface area contributed by atoms with Crippen LogP contribution in [0.4, 0.5) is 10.1 Å². The van der Waals surface area contributed by atoms with Crippen LogP contribution >= 0.6 is 0 Å². The van der Waals surface area contributed by atoms with Gasteiger partial charge in [-0.1, -0.05) is 38.1 Å². The van der Waals surface area contributed by atoms with Gasteiger partial charge in [0, 0.05) is 17.7 Å². The van der Waals surface area contributed by atoms with E-state index in [9.17, 15) is 14.0 Å². The average Bonchev–Trinajstić information content (AvgIpc) is 3.20. The van der Waals surface area contributed by atoms with Gasteiger partial charge < -0.3 is 14.6 Å². The molecule has 1 amide bonds. The molecular weight excluding hydrogens is 401 g/mol. The number of halogens is 1. The van der Waals surface area contributed by atoms with Crippen LogP contribution in [-0.4, -0.2) is 28.6 Å². The number of nitrogens with one attached hydrogen (secondary N) is 1. The summed E-state index contributed by atoms with van der Waals surface area (Å²) in [5, 5.41) is 6.50. The molecule has 0 bridgehead atoms. The fraction of sp³-hybridized carbons (Fsp3) is 0.304. The summed E-state index contributed by atoms with van der Waals surface area (Å²) in [6, 6.07) is 13.2. The Morgan fingerprint density at radius 3 is 2.39 bits per heavy atom. The van der Waals surface area contributed by atoms with E-state index in [1.807, 2.05) is 24.3 Å². The molecule has 0 saturated heterocycles. The maximum atomic E-state index is 13.0. The number of nitrogens with zero attached hydrogens (tertiary/aromatic N) is 2. The Balaban J connectivity index is 1.42. The molecule has 0 aliphatic carbocycles. The Kier molecular flexibility index (Phi) is 6.79. The van der Waals surface area contributed by atoms with Crippen LogP contribution in [0, 0.1) is 5.82 Å². The first-order valence-electron chi connectivity index (χ1n) is 9.85. The third-order valence-electron chi connectivity index (χ3n) is 4.51. The van der Waals surface area contributed by atoms with Gasteiger partial charge in [-0.3, -0.25) is 9.59 Å². The number of hydrogen-bond donors (Lipinski definition) is 1. The van der Waals surface area contributed by atoms with Crippen molar-refractivity contribution in [3.63, 3.8) is 0 Å². The minimum atomic E-state index is -0.556. The van der Waals surface area contributed by atoms with Crippen molar-refractivity contribution in [1.29, 1.82) is 0 Å². The van der Waals surface area contributed by atoms with E-state index in [2.05, 4.69) is 36.2 Å². The quantitative estimate of drug-likeness (QED) is 0.568. The monoisotopic (exact) mass is 425 g/mol. The van der Waals surface area contributed by atoms with Crippen molar-refractivity contribution >= 4 is 17.6 Å². The van der Waals surface area contributed by atoms with Gasteiger partial charge in [0.05, 0.1) is 6.42 Å². The van der Waals surface area contributed by atoms with E-state index in [1.54, 1.807) is 0 Å². The zero-order valence-electron chi connectivity index (χ0n) is 17.6. The van der Waals surface area contributed by atoms with E-state index in [-0.39, 0.29) is 36.6 Å². The molecule has 0 aliphatic heterocycles. The third-order valence-corrected chi connectivity index (χ3v) is 4.51. The highest BCUT2D eigenvalue weighted by molar-refractivity contribution is 5.92. The van der Waals surface area contributed by atoms with Gasteiger partial charge in [-0.05, 0) is 47.4 Å². The summed E-state index contributed by atoms with van der Waals surface area (Å²) in [6.07, 6.45) is 0.154. The molecule has 0 radical (unpaired) electrons. The van der Waals surface area contributed by atoms with E-state index < -0.39 is 11.9 Å². The van der Waals surface area contributed by atoms with Crippen molar-refractivity contribution in [2.24, 2.45) is 0 Å². The van der Waals surface area contributed by atoms with Gasteiger partial charge in [-0.25, -0.2) is 4.39 Å². The molecule has 1 aromatic heterocycles. The number of rotatable bonds is 7. The summed E-state index contributed by atoms with van der Waals surface area (Å²) >= 11 is 0. The molecule has 0 fully saturated rings. The number of aryl methyl sites for hydroxylation is 1. The molecular formula is C23H24FN3O4. The number of carbonyl (C=O) groups excluding carboxylic acids is 2. The lowest BCUT2D eigenvalue weighted by molar-refractivity contribution is -0.147. The topological polar surface area (TPSA) is 94.3 Å². The number of benzene rings is 2. The second-order valence-corrected chi connectivity index (χ2v) is 8.05. The molecule has 2 aromatic carbocycles. The molecule has 0 unspecified atom stereocenters. The number of anilines is 1. The molecule has 31 heavy (non-hydrogen) atoms. The molecule has 0 saturated carbocycles. The molecule has 0 aliphatic rings. The van der Waals surface area contributed by atoms with E-state index in [1.165, 1.54) is 24.3 Å². The largest absolute Gasteiger partial charge is 0.456 e. The average molecular weight is 425 g/mol. The van der Waals surface area contributed by atoms with Gasteiger partial charge in [0.1, 0.15) is 5.82 Å². The van der Waals surface area contributed by atoms with Gasteiger partial charge in [0.2, 0.25) is 11.7 Å². The maximum absolute atomic E-state index is 13.0. The first-order valence-corrected chi connectivity index (χ1v) is 9.85. The second kappa shape index (κ2) is 9.51. The van der Waals surface area contributed by atoms with Crippen LogP contribution in [-0.2, 0) is 26.2 Å². The minimum absolute atomic E-state index is 0.0153. The summed E-state index contributed by atoms with van der Waals surface area (Å²) in [6.45, 7) is 5.94. The van der Waals surface area contributed by atoms with Gasteiger partial charge in [0.15, 0.2) is 6.61 Å². The lowest BCUT2D eigenvalue weighted by atomic mass is 9.87. The fourth-order valence-corrected chi connectivity index (χ4v) is 2.75. The molecule has 8 heteroatoms. The minimum Gasteiger partial charge on any atom is -0.456 e. The van der Waals surface area contributed by atoms with Gasteiger partial charge in [0.25, 0.3) is 5.91 Å². The summed E-state index contributed by atoms with van der Waals surface area (Å²) < 4.78 is 23.1. The van der Waals surface area contributed by atoms with E-state index >= 15 is 0 Å². The molecule has 0 atom stereocenters. The van der Waals surface area contributed by atoms with Crippen molar-refractivity contribution in [2.75, 3.05) is 11.9 Å². The standard InChI is InChI=1S/C23H24FN3O4/c1-23(2,3)16-6-10-18(11-7-16)25-19(28)14-30-21(29)13-12-20-26-22(27-31-20)15-4-8-17(24)9-5-15/h4-11H,12-14H2,1-3H3,(H,25,28). The van der Waals surface area contributed by atoms with Gasteiger partial charge in [-0.15, -0.1) is 0 Å². The summed E-state index contributed by atoms with van der Waals surface area (Å²) in [5.41, 5.74) is 2.41. The van der Waals surface area contributed by atoms with Gasteiger partial charge >= 0.3 is 5.97 Å². The summed E-state index contributed by atoms with van der Waals surface area (Å²) in [5.74, 6) is -0.783. The van der Waals surface area contributed by atoms with Crippen LogP contribution in [0.5, 0.6) is 0 Å². The smallest absolute Gasteiger partial charge is 0.306 e. The Labute approximate surface area is 179 Å². The number of aromatic nitrogens is 2. The first kappa shape index (κ1) is 22.1. The highest BCUT2D eigenvalue weighted by Gasteiger charge is 2.15. The normalized spacial score (nSPS) is 11.2. The summed E-state index contributed by atoms with van der Waals surface area (Å²) in [4.78, 5) is 28.1. The van der Waals surface area contributed by atoms with Crippen LogP contribution in [0.25, 0.3) is 11.4 Å². The van der Waals surface area contributed by atoms with Crippen molar-refractivity contribution in [3.8, 4) is 11.4 Å². The second-order valence-electron chi connectivity index (χ2n) is 8.05. The molecule has 7 nitrogen and oxygen atoms in total. The Morgan fingerprint density at radius 2 is 1.74 bits per heavy atom. The number of amides is 1. The number of esters is 1. The van der Waals surface area contributed by atoms with Crippen molar-refractivity contribution in [2.45, 2.75) is 39.0 Å². The predicted molar refractivity (Wildman–Crippen MR) is 113 cm³/mol. The Hall–Kier alpha value is -3.55. The number of hydrogen-bond acceptors (Lipinski definition) is 6. The highest BCUT2D eigenvalue weighted by Crippen LogP contribution is 2.23. The van der Waals surface area contributed by atoms with E-state index in [0.717, 1.165) is 5.56 Å². The van der Waals surface area contributed by atoms with Crippen molar-refractivity contribution in [1.82, 2.24) is 10.1 Å². The molecule has 3 rings (SSSR count). The fourth-order valence-electron chi connectivity index (χ4n) is 2.75.